The molecule has 2 heterocycles. The number of esters is 2. The maximum atomic E-state index is 12.8. The number of ether oxygens (including phenoxy) is 2. The summed E-state index contributed by atoms with van der Waals surface area (Å²) in [6.07, 6.45) is 8.15. The molecule has 1 aromatic heterocycles. The zero-order chi connectivity index (χ0) is 22.3. The fourth-order valence-electron chi connectivity index (χ4n) is 6.03. The number of fused-ring (bicyclic) bond motifs is 1. The molecule has 2 bridgehead atoms. The third-order valence-electron chi connectivity index (χ3n) is 7.36. The van der Waals surface area contributed by atoms with Crippen molar-refractivity contribution in [3.05, 3.63) is 16.0 Å². The topological polar surface area (TPSA) is 81.7 Å². The molecule has 2 unspecified atom stereocenters. The first-order valence-corrected chi connectivity index (χ1v) is 14.3. The Labute approximate surface area is 200 Å². The molecule has 2 atom stereocenters. The number of thioether (sulfide) groups is 2. The number of nitrogens with one attached hydrogen (secondary N) is 1. The number of amides is 1. The Kier molecular flexibility index (Phi) is 6.51. The first kappa shape index (κ1) is 22.6. The molecule has 0 aromatic carbocycles. The van der Waals surface area contributed by atoms with Gasteiger partial charge >= 0.3 is 11.9 Å². The Bertz CT molecular complexity index is 907. The molecule has 174 valence electrons. The van der Waals surface area contributed by atoms with Gasteiger partial charge in [-0.2, -0.15) is 0 Å². The summed E-state index contributed by atoms with van der Waals surface area (Å²) in [6.45, 7) is -0.317. The van der Waals surface area contributed by atoms with Gasteiger partial charge in [0.1, 0.15) is 5.00 Å². The van der Waals surface area contributed by atoms with Crippen LogP contribution in [0.5, 0.6) is 0 Å². The van der Waals surface area contributed by atoms with Gasteiger partial charge < -0.3 is 14.8 Å². The molecule has 1 spiro atoms. The SMILES string of the molecule is COC(=O)c1c(NC(=O)COC(=O)C2CC3CCCC(C2)C32SCCS2)sc2c1CCC2. The molecule has 1 saturated heterocycles. The minimum Gasteiger partial charge on any atom is -0.465 e. The van der Waals surface area contributed by atoms with Crippen LogP contribution in [-0.2, 0) is 31.9 Å². The van der Waals surface area contributed by atoms with Crippen LogP contribution >= 0.6 is 34.9 Å². The highest BCUT2D eigenvalue weighted by Gasteiger charge is 2.55. The largest absolute Gasteiger partial charge is 0.465 e. The van der Waals surface area contributed by atoms with E-state index in [-0.39, 0.29) is 18.5 Å². The third-order valence-corrected chi connectivity index (χ3v) is 12.6. The standard InChI is InChI=1S/C23H29NO5S3/c1-28-22(27)19-16-6-3-7-17(16)32-20(19)24-18(25)12-29-21(26)13-10-14-4-2-5-15(11-13)23(14)30-8-9-31-23/h13-15H,2-12H2,1H3,(H,24,25). The fraction of sp³-hybridized carbons (Fsp3) is 0.696. The maximum absolute atomic E-state index is 12.8. The Morgan fingerprint density at radius 1 is 1.06 bits per heavy atom. The number of aryl methyl sites for hydroxylation is 1. The quantitative estimate of drug-likeness (QED) is 0.602. The summed E-state index contributed by atoms with van der Waals surface area (Å²) in [7, 11) is 1.35. The minimum absolute atomic E-state index is 0.110. The molecule has 1 aromatic rings. The van der Waals surface area contributed by atoms with E-state index >= 15 is 0 Å². The first-order chi connectivity index (χ1) is 15.5. The molecule has 6 nitrogen and oxygen atoms in total. The van der Waals surface area contributed by atoms with Crippen molar-refractivity contribution < 1.29 is 23.9 Å². The van der Waals surface area contributed by atoms with E-state index in [1.54, 1.807) is 0 Å². The number of thiophene rings is 1. The molecule has 5 rings (SSSR count). The van der Waals surface area contributed by atoms with Crippen molar-refractivity contribution >= 4 is 57.7 Å². The van der Waals surface area contributed by atoms with Gasteiger partial charge in [0.2, 0.25) is 0 Å². The van der Waals surface area contributed by atoms with Crippen LogP contribution in [0, 0.1) is 17.8 Å². The molecule has 1 amide bonds. The molecule has 32 heavy (non-hydrogen) atoms. The van der Waals surface area contributed by atoms with Gasteiger partial charge in [-0.15, -0.1) is 34.9 Å². The number of methoxy groups -OCH3 is 1. The summed E-state index contributed by atoms with van der Waals surface area (Å²) in [6, 6.07) is 0. The number of carbonyl (C=O) groups is 3. The number of rotatable bonds is 5. The molecular weight excluding hydrogens is 466 g/mol. The van der Waals surface area contributed by atoms with Crippen LogP contribution in [0.2, 0.25) is 0 Å². The lowest BCUT2D eigenvalue weighted by Crippen LogP contribution is -2.48. The van der Waals surface area contributed by atoms with Gasteiger partial charge in [-0.25, -0.2) is 4.79 Å². The monoisotopic (exact) mass is 495 g/mol. The lowest BCUT2D eigenvalue weighted by molar-refractivity contribution is -0.154. The molecular formula is C23H29NO5S3. The van der Waals surface area contributed by atoms with Crippen LogP contribution in [0.1, 0.15) is 59.3 Å². The Morgan fingerprint density at radius 3 is 2.47 bits per heavy atom. The van der Waals surface area contributed by atoms with Gasteiger partial charge in [-0.1, -0.05) is 6.42 Å². The van der Waals surface area contributed by atoms with Crippen LogP contribution in [0.15, 0.2) is 0 Å². The van der Waals surface area contributed by atoms with Crippen LogP contribution < -0.4 is 5.32 Å². The number of carbonyl (C=O) groups excluding carboxylic acids is 3. The van der Waals surface area contributed by atoms with E-state index in [2.05, 4.69) is 28.8 Å². The lowest BCUT2D eigenvalue weighted by atomic mass is 9.67. The predicted molar refractivity (Wildman–Crippen MR) is 128 cm³/mol. The zero-order valence-corrected chi connectivity index (χ0v) is 20.7. The summed E-state index contributed by atoms with van der Waals surface area (Å²) in [5, 5.41) is 3.29. The molecule has 3 fully saturated rings. The van der Waals surface area contributed by atoms with Crippen molar-refractivity contribution in [1.82, 2.24) is 0 Å². The predicted octanol–water partition coefficient (Wildman–Crippen LogP) is 4.51. The first-order valence-electron chi connectivity index (χ1n) is 11.5. The maximum Gasteiger partial charge on any atom is 0.341 e. The van der Waals surface area contributed by atoms with E-state index < -0.39 is 11.9 Å². The van der Waals surface area contributed by atoms with Crippen molar-refractivity contribution in [3.63, 3.8) is 0 Å². The third kappa shape index (κ3) is 3.98. The highest BCUT2D eigenvalue weighted by Crippen LogP contribution is 2.64. The van der Waals surface area contributed by atoms with Crippen molar-refractivity contribution in [2.24, 2.45) is 17.8 Å². The lowest BCUT2D eigenvalue weighted by Gasteiger charge is -2.51. The second kappa shape index (κ2) is 9.22. The Hall–Kier alpha value is -1.19. The molecule has 1 aliphatic heterocycles. The second-order valence-corrected chi connectivity index (χ2v) is 13.2. The van der Waals surface area contributed by atoms with E-state index in [9.17, 15) is 14.4 Å². The summed E-state index contributed by atoms with van der Waals surface area (Å²) in [5.74, 6) is 2.37. The van der Waals surface area contributed by atoms with Gasteiger partial charge in [-0.05, 0) is 62.3 Å². The van der Waals surface area contributed by atoms with Crippen LogP contribution in [-0.4, -0.2) is 47.1 Å². The molecule has 4 aliphatic rings. The van der Waals surface area contributed by atoms with E-state index in [1.165, 1.54) is 49.2 Å². The van der Waals surface area contributed by atoms with Crippen molar-refractivity contribution in [3.8, 4) is 0 Å². The summed E-state index contributed by atoms with van der Waals surface area (Å²) >= 11 is 5.66. The van der Waals surface area contributed by atoms with E-state index in [0.717, 1.165) is 42.5 Å². The average Bonchev–Trinajstić information content (AvgIpc) is 3.48. The highest BCUT2D eigenvalue weighted by molar-refractivity contribution is 8.21. The van der Waals surface area contributed by atoms with E-state index in [0.29, 0.717) is 26.5 Å². The van der Waals surface area contributed by atoms with Crippen molar-refractivity contribution in [2.75, 3.05) is 30.5 Å². The minimum atomic E-state index is -0.429. The number of hydrogen-bond donors (Lipinski definition) is 1. The molecule has 0 radical (unpaired) electrons. The number of hydrogen-bond acceptors (Lipinski definition) is 8. The molecule has 2 saturated carbocycles. The van der Waals surface area contributed by atoms with Gasteiger partial charge in [0.05, 0.1) is 22.7 Å². The van der Waals surface area contributed by atoms with E-state index in [1.807, 2.05) is 0 Å². The average molecular weight is 496 g/mol. The second-order valence-electron chi connectivity index (χ2n) is 9.12. The van der Waals surface area contributed by atoms with Crippen LogP contribution in [0.4, 0.5) is 5.00 Å². The van der Waals surface area contributed by atoms with Gasteiger partial charge in [0.15, 0.2) is 6.61 Å². The van der Waals surface area contributed by atoms with Crippen molar-refractivity contribution in [1.29, 1.82) is 0 Å². The summed E-state index contributed by atoms with van der Waals surface area (Å²) in [4.78, 5) is 38.8. The van der Waals surface area contributed by atoms with Gasteiger partial charge in [-0.3, -0.25) is 9.59 Å². The summed E-state index contributed by atoms with van der Waals surface area (Å²) in [5.41, 5.74) is 1.45. The van der Waals surface area contributed by atoms with Crippen LogP contribution in [0.25, 0.3) is 0 Å². The molecule has 1 N–H and O–H groups in total. The Balaban J connectivity index is 1.19. The van der Waals surface area contributed by atoms with Crippen LogP contribution in [0.3, 0.4) is 0 Å². The van der Waals surface area contributed by atoms with E-state index in [4.69, 9.17) is 9.47 Å². The number of anilines is 1. The zero-order valence-electron chi connectivity index (χ0n) is 18.3. The van der Waals surface area contributed by atoms with Crippen molar-refractivity contribution in [2.45, 2.75) is 55.4 Å². The Morgan fingerprint density at radius 2 is 1.78 bits per heavy atom. The highest BCUT2D eigenvalue weighted by atomic mass is 32.2. The van der Waals surface area contributed by atoms with Gasteiger partial charge in [0, 0.05) is 16.4 Å². The normalized spacial score (nSPS) is 27.7. The summed E-state index contributed by atoms with van der Waals surface area (Å²) < 4.78 is 10.7. The molecule has 9 heteroatoms. The molecule has 3 aliphatic carbocycles. The van der Waals surface area contributed by atoms with Gasteiger partial charge in [0.25, 0.3) is 5.91 Å². The fourth-order valence-corrected chi connectivity index (χ4v) is 11.3. The smallest absolute Gasteiger partial charge is 0.341 e.